The van der Waals surface area contributed by atoms with Gasteiger partial charge in [0.15, 0.2) is 6.79 Å². The van der Waals surface area contributed by atoms with Crippen molar-refractivity contribution in [1.29, 1.82) is 0 Å². The van der Waals surface area contributed by atoms with E-state index < -0.39 is 12.6 Å². The summed E-state index contributed by atoms with van der Waals surface area (Å²) in [6, 6.07) is 0. The molecule has 0 fully saturated rings. The van der Waals surface area contributed by atoms with E-state index in [1.165, 1.54) is 7.11 Å². The Kier molecular flexibility index (Phi) is 4.49. The molecule has 0 aromatic carbocycles. The van der Waals surface area contributed by atoms with Crippen LogP contribution in [0.5, 0.6) is 0 Å². The molecule has 0 aromatic heterocycles. The highest BCUT2D eigenvalue weighted by Gasteiger charge is 2.06. The highest BCUT2D eigenvalue weighted by molar-refractivity contribution is 5.87. The maximum absolute atomic E-state index is 11.6. The highest BCUT2D eigenvalue weighted by Crippen LogP contribution is 1.94. The van der Waals surface area contributed by atoms with Crippen molar-refractivity contribution in [1.82, 2.24) is 0 Å². The van der Waals surface area contributed by atoms with Gasteiger partial charge in [0.05, 0.1) is 5.57 Å². The molecule has 0 bridgehead atoms. The lowest BCUT2D eigenvalue weighted by Crippen LogP contribution is -2.09. The molecule has 0 amide bonds. The molecule has 10 heavy (non-hydrogen) atoms. The van der Waals surface area contributed by atoms with Crippen LogP contribution in [-0.4, -0.2) is 26.5 Å². The fourth-order valence-corrected chi connectivity index (χ4v) is 0.269. The number of alkyl halides is 1. The number of esters is 1. The Morgan fingerprint density at radius 2 is 2.30 bits per heavy atom. The van der Waals surface area contributed by atoms with Crippen LogP contribution in [0.2, 0.25) is 0 Å². The third-order valence-electron chi connectivity index (χ3n) is 0.758. The van der Waals surface area contributed by atoms with E-state index in [-0.39, 0.29) is 12.4 Å². The normalized spacial score (nSPS) is 9.00. The third-order valence-corrected chi connectivity index (χ3v) is 0.758. The molecule has 4 heteroatoms. The average Bonchev–Trinajstić information content (AvgIpc) is 1.98. The number of hydrogen-bond acceptors (Lipinski definition) is 3. The van der Waals surface area contributed by atoms with E-state index in [2.05, 4.69) is 16.1 Å². The van der Waals surface area contributed by atoms with Gasteiger partial charge in [-0.15, -0.1) is 0 Å². The quantitative estimate of drug-likeness (QED) is 0.334. The second-order valence-electron chi connectivity index (χ2n) is 1.58. The summed E-state index contributed by atoms with van der Waals surface area (Å²) in [5, 5.41) is 0. The topological polar surface area (TPSA) is 35.5 Å². The molecule has 0 heterocycles. The first-order chi connectivity index (χ1) is 4.72. The number of carbonyl (C=O) groups excluding carboxylic acids is 1. The van der Waals surface area contributed by atoms with Crippen LogP contribution in [0.4, 0.5) is 4.39 Å². The lowest BCUT2D eigenvalue weighted by atomic mass is 10.3. The van der Waals surface area contributed by atoms with Crippen molar-refractivity contribution in [2.45, 2.75) is 0 Å². The molecule has 0 rings (SSSR count). The van der Waals surface area contributed by atoms with E-state index in [0.717, 1.165) is 0 Å². The Bertz CT molecular complexity index is 133. The van der Waals surface area contributed by atoms with E-state index in [0.29, 0.717) is 0 Å². The Hall–Kier alpha value is -0.900. The monoisotopic (exact) mass is 148 g/mol. The van der Waals surface area contributed by atoms with E-state index in [9.17, 15) is 9.18 Å². The Morgan fingerprint density at radius 3 is 2.70 bits per heavy atom. The van der Waals surface area contributed by atoms with Gasteiger partial charge >= 0.3 is 5.97 Å². The molecule has 0 atom stereocenters. The standard InChI is InChI=1S/C6H9FO3/c1-5(3-7)6(8)10-4-9-2/h1,3-4H2,2H3. The van der Waals surface area contributed by atoms with Crippen molar-refractivity contribution in [2.24, 2.45) is 0 Å². The first-order valence-electron chi connectivity index (χ1n) is 2.62. The van der Waals surface area contributed by atoms with Gasteiger partial charge in [0, 0.05) is 7.11 Å². The number of methoxy groups -OCH3 is 1. The second-order valence-corrected chi connectivity index (χ2v) is 1.58. The van der Waals surface area contributed by atoms with E-state index >= 15 is 0 Å². The molecule has 58 valence electrons. The minimum atomic E-state index is -0.886. The smallest absolute Gasteiger partial charge is 0.338 e. The predicted octanol–water partition coefficient (Wildman–Crippen LogP) is 0.659. The van der Waals surface area contributed by atoms with Crippen molar-refractivity contribution >= 4 is 5.97 Å². The van der Waals surface area contributed by atoms with Crippen molar-refractivity contribution < 1.29 is 18.7 Å². The van der Waals surface area contributed by atoms with E-state index in [1.54, 1.807) is 0 Å². The van der Waals surface area contributed by atoms with Gasteiger partial charge in [-0.3, -0.25) is 0 Å². The van der Waals surface area contributed by atoms with Crippen LogP contribution in [-0.2, 0) is 14.3 Å². The summed E-state index contributed by atoms with van der Waals surface area (Å²) in [7, 11) is 1.37. The highest BCUT2D eigenvalue weighted by atomic mass is 19.1. The lowest BCUT2D eigenvalue weighted by Gasteiger charge is -2.01. The maximum Gasteiger partial charge on any atom is 0.338 e. The summed E-state index contributed by atoms with van der Waals surface area (Å²) in [5.74, 6) is -0.760. The van der Waals surface area contributed by atoms with Gasteiger partial charge in [-0.25, -0.2) is 9.18 Å². The zero-order valence-electron chi connectivity index (χ0n) is 5.72. The summed E-state index contributed by atoms with van der Waals surface area (Å²) in [4.78, 5) is 10.5. The molecular formula is C6H9FO3. The SMILES string of the molecule is C=C(CF)C(=O)OCOC. The molecular weight excluding hydrogens is 139 g/mol. The van der Waals surface area contributed by atoms with Crippen molar-refractivity contribution in [3.05, 3.63) is 12.2 Å². The predicted molar refractivity (Wildman–Crippen MR) is 33.1 cm³/mol. The second kappa shape index (κ2) is 4.93. The third kappa shape index (κ3) is 3.19. The summed E-state index contributed by atoms with van der Waals surface area (Å²) in [5.41, 5.74) is -0.197. The Balaban J connectivity index is 3.52. The molecule has 0 N–H and O–H groups in total. The Morgan fingerprint density at radius 1 is 1.70 bits per heavy atom. The van der Waals surface area contributed by atoms with Gasteiger partial charge in [0.1, 0.15) is 6.67 Å². The largest absolute Gasteiger partial charge is 0.435 e. The molecule has 0 aliphatic carbocycles. The first-order valence-corrected chi connectivity index (χ1v) is 2.62. The number of ether oxygens (including phenoxy) is 2. The average molecular weight is 148 g/mol. The summed E-state index contributed by atoms with van der Waals surface area (Å²) >= 11 is 0. The molecule has 0 saturated carbocycles. The number of halogens is 1. The van der Waals surface area contributed by atoms with Crippen LogP contribution in [0.25, 0.3) is 0 Å². The van der Waals surface area contributed by atoms with Crippen LogP contribution >= 0.6 is 0 Å². The van der Waals surface area contributed by atoms with Crippen LogP contribution in [0.1, 0.15) is 0 Å². The van der Waals surface area contributed by atoms with Crippen molar-refractivity contribution in [3.63, 3.8) is 0 Å². The van der Waals surface area contributed by atoms with Gasteiger partial charge in [-0.1, -0.05) is 6.58 Å². The van der Waals surface area contributed by atoms with Crippen LogP contribution in [0.3, 0.4) is 0 Å². The molecule has 0 radical (unpaired) electrons. The fourth-order valence-electron chi connectivity index (χ4n) is 0.269. The van der Waals surface area contributed by atoms with Gasteiger partial charge < -0.3 is 9.47 Å². The maximum atomic E-state index is 11.6. The zero-order valence-corrected chi connectivity index (χ0v) is 5.72. The van der Waals surface area contributed by atoms with Crippen molar-refractivity contribution in [3.8, 4) is 0 Å². The van der Waals surface area contributed by atoms with Gasteiger partial charge in [0.2, 0.25) is 0 Å². The van der Waals surface area contributed by atoms with Gasteiger partial charge in [-0.2, -0.15) is 0 Å². The minimum absolute atomic E-state index is 0.169. The number of carbonyl (C=O) groups is 1. The molecule has 0 unspecified atom stereocenters. The van der Waals surface area contributed by atoms with Gasteiger partial charge in [-0.05, 0) is 0 Å². The number of hydrogen-bond donors (Lipinski definition) is 0. The van der Waals surface area contributed by atoms with Crippen LogP contribution < -0.4 is 0 Å². The zero-order chi connectivity index (χ0) is 7.98. The fraction of sp³-hybridized carbons (Fsp3) is 0.500. The molecule has 0 aromatic rings. The minimum Gasteiger partial charge on any atom is -0.435 e. The summed E-state index contributed by atoms with van der Waals surface area (Å²) in [6.07, 6.45) is 0. The molecule has 0 spiro atoms. The summed E-state index contributed by atoms with van der Waals surface area (Å²) < 4.78 is 20.4. The Labute approximate surface area is 58.4 Å². The van der Waals surface area contributed by atoms with Crippen LogP contribution in [0, 0.1) is 0 Å². The molecule has 3 nitrogen and oxygen atoms in total. The first kappa shape index (κ1) is 9.10. The molecule has 0 aliphatic rings. The molecule has 0 aliphatic heterocycles. The summed E-state index contributed by atoms with van der Waals surface area (Å²) in [6.45, 7) is 2.07. The van der Waals surface area contributed by atoms with Gasteiger partial charge in [0.25, 0.3) is 0 Å². The van der Waals surface area contributed by atoms with E-state index in [4.69, 9.17) is 0 Å². The van der Waals surface area contributed by atoms with E-state index in [1.807, 2.05) is 0 Å². The lowest BCUT2D eigenvalue weighted by molar-refractivity contribution is -0.149. The number of rotatable bonds is 4. The molecule has 0 saturated heterocycles. The van der Waals surface area contributed by atoms with Crippen molar-refractivity contribution in [2.75, 3.05) is 20.6 Å². The van der Waals surface area contributed by atoms with Crippen LogP contribution in [0.15, 0.2) is 12.2 Å².